The SMILES string of the molecule is CC[C@H](C)c1cccc(C2(c3cccc(F)c3)c3cc(N(c4ccc(C(C)(C)C)cc4)c4ccc(C)cc4-c4ccccc4)c4c(oc5ccccc54)c3-c3c2cc(N(c2ccc(C(C)(C)C)cc2)c2ccc(C)cc2-c2ccccc2)c2sc4ccccc4c32)c1. The molecule has 1 unspecified atom stereocenters. The maximum atomic E-state index is 17.3. The summed E-state index contributed by atoms with van der Waals surface area (Å²) in [5, 5.41) is 4.29. The van der Waals surface area contributed by atoms with Crippen molar-refractivity contribution in [1.82, 2.24) is 0 Å². The first-order valence-electron chi connectivity index (χ1n) is 32.5. The van der Waals surface area contributed by atoms with Crippen LogP contribution in [0, 0.1) is 19.7 Å². The lowest BCUT2D eigenvalue weighted by molar-refractivity contribution is 0.590. The Morgan fingerprint density at radius 3 is 1.55 bits per heavy atom. The second-order valence-electron chi connectivity index (χ2n) is 27.5. The average Bonchev–Trinajstić information content (AvgIpc) is 1.49. The van der Waals surface area contributed by atoms with Gasteiger partial charge in [0.05, 0.1) is 38.3 Å². The molecule has 2 aromatic heterocycles. The van der Waals surface area contributed by atoms with Gasteiger partial charge in [0.25, 0.3) is 0 Å². The Morgan fingerprint density at radius 1 is 0.467 bits per heavy atom. The Hall–Kier alpha value is -9.81. The number of rotatable bonds is 12. The number of hydrogen-bond donors (Lipinski definition) is 0. The summed E-state index contributed by atoms with van der Waals surface area (Å²) in [6.07, 6.45) is 0.950. The zero-order chi connectivity index (χ0) is 63.4. The molecule has 0 radical (unpaired) electrons. The lowest BCUT2D eigenvalue weighted by Crippen LogP contribution is -2.29. The first-order chi connectivity index (χ1) is 44.5. The van der Waals surface area contributed by atoms with Crippen LogP contribution in [0.1, 0.15) is 118 Å². The largest absolute Gasteiger partial charge is 0.455 e. The molecule has 0 saturated carbocycles. The van der Waals surface area contributed by atoms with E-state index in [0.717, 1.165) is 139 Å². The van der Waals surface area contributed by atoms with Crippen LogP contribution in [0.5, 0.6) is 0 Å². The fourth-order valence-corrected chi connectivity index (χ4v) is 15.8. The third kappa shape index (κ3) is 9.66. The van der Waals surface area contributed by atoms with Gasteiger partial charge >= 0.3 is 0 Å². The van der Waals surface area contributed by atoms with Gasteiger partial charge in [-0.2, -0.15) is 0 Å². The quantitative estimate of drug-likeness (QED) is 0.122. The number of aryl methyl sites for hydroxylation is 2. The fraction of sp³-hybridized carbons (Fsp3) is 0.172. The van der Waals surface area contributed by atoms with Crippen LogP contribution in [0.15, 0.2) is 259 Å². The van der Waals surface area contributed by atoms with Crippen LogP contribution in [-0.2, 0) is 16.2 Å². The summed E-state index contributed by atoms with van der Waals surface area (Å²) < 4.78 is 27.4. The second kappa shape index (κ2) is 22.5. The minimum Gasteiger partial charge on any atom is -0.455 e. The summed E-state index contributed by atoms with van der Waals surface area (Å²) >= 11 is 1.84. The van der Waals surface area contributed by atoms with Crippen molar-refractivity contribution in [1.29, 1.82) is 0 Å². The standard InChI is InChI=1S/C87H75FN2OS/c1-11-56(4)59-28-22-29-62(50-59)87(63-30-23-31-64(88)51-63)71-53-76(90(66-44-40-61(41-45-66)86(8,9)10)74-47-37-55(3)49-70(74)58-26-16-13-17-27-58)84-80(68-33-19-21-35-78(68)92-84)81(71)82-72(87)52-75(79-67-32-18-20-34-77(67)91-83(79)82)89(65-42-38-60(39-43-65)85(5,6)7)73-46-36-54(2)48-69(73)57-24-14-12-15-25-57/h12-53,56H,11H2,1-10H3/t56-,87?/m0/s1. The van der Waals surface area contributed by atoms with Gasteiger partial charge in [0.15, 0.2) is 0 Å². The third-order valence-electron chi connectivity index (χ3n) is 19.5. The fourth-order valence-electron chi connectivity index (χ4n) is 14.6. The molecule has 0 bridgehead atoms. The van der Waals surface area contributed by atoms with Crippen molar-refractivity contribution in [2.45, 2.75) is 97.8 Å². The highest BCUT2D eigenvalue weighted by atomic mass is 32.1. The Kier molecular flexibility index (Phi) is 14.3. The molecule has 12 aromatic carbocycles. The summed E-state index contributed by atoms with van der Waals surface area (Å²) in [6.45, 7) is 22.6. The second-order valence-corrected chi connectivity index (χ2v) is 28.5. The molecule has 2 atom stereocenters. The Morgan fingerprint density at radius 2 is 0.978 bits per heavy atom. The van der Waals surface area contributed by atoms with Crippen LogP contribution in [0.4, 0.5) is 38.5 Å². The van der Waals surface area contributed by atoms with E-state index in [2.05, 4.69) is 316 Å². The van der Waals surface area contributed by atoms with Crippen LogP contribution in [0.25, 0.3) is 75.5 Å². The monoisotopic (exact) mass is 1210 g/mol. The van der Waals surface area contributed by atoms with Crippen molar-refractivity contribution in [2.24, 2.45) is 0 Å². The summed E-state index contributed by atoms with van der Waals surface area (Å²) in [6, 6.07) is 93.0. The van der Waals surface area contributed by atoms with Crippen LogP contribution in [0.3, 0.4) is 0 Å². The number of hydrogen-bond acceptors (Lipinski definition) is 4. The first kappa shape index (κ1) is 58.6. The Labute approximate surface area is 544 Å². The molecule has 452 valence electrons. The highest BCUT2D eigenvalue weighted by Crippen LogP contribution is 2.66. The van der Waals surface area contributed by atoms with E-state index in [9.17, 15) is 0 Å². The van der Waals surface area contributed by atoms with Gasteiger partial charge in [-0.05, 0) is 178 Å². The molecular formula is C87H75FN2OS. The topological polar surface area (TPSA) is 19.6 Å². The van der Waals surface area contributed by atoms with E-state index in [0.29, 0.717) is 0 Å². The van der Waals surface area contributed by atoms with Crippen molar-refractivity contribution < 1.29 is 8.81 Å². The highest BCUT2D eigenvalue weighted by molar-refractivity contribution is 7.26. The maximum Gasteiger partial charge on any atom is 0.145 e. The number of benzene rings is 12. The van der Waals surface area contributed by atoms with Gasteiger partial charge in [-0.15, -0.1) is 11.3 Å². The molecule has 0 N–H and O–H groups in total. The van der Waals surface area contributed by atoms with Gasteiger partial charge in [-0.25, -0.2) is 4.39 Å². The van der Waals surface area contributed by atoms with E-state index in [-0.39, 0.29) is 22.6 Å². The molecule has 0 amide bonds. The van der Waals surface area contributed by atoms with E-state index >= 15 is 4.39 Å². The first-order valence-corrected chi connectivity index (χ1v) is 33.3. The molecule has 15 rings (SSSR count). The molecule has 0 spiro atoms. The number of para-hydroxylation sites is 1. The predicted octanol–water partition coefficient (Wildman–Crippen LogP) is 25.5. The maximum absolute atomic E-state index is 17.3. The van der Waals surface area contributed by atoms with Gasteiger partial charge < -0.3 is 14.2 Å². The summed E-state index contributed by atoms with van der Waals surface area (Å²) in [4.78, 5) is 5.01. The number of furan rings is 1. The van der Waals surface area contributed by atoms with E-state index in [4.69, 9.17) is 4.42 Å². The number of nitrogens with zero attached hydrogens (tertiary/aromatic N) is 2. The molecule has 3 nitrogen and oxygen atoms in total. The Balaban J connectivity index is 1.17. The number of thiophene rings is 1. The van der Waals surface area contributed by atoms with Crippen molar-refractivity contribution in [3.8, 4) is 33.4 Å². The molecule has 14 aromatic rings. The van der Waals surface area contributed by atoms with Gasteiger partial charge in [-0.3, -0.25) is 0 Å². The normalized spacial score (nSPS) is 14.3. The van der Waals surface area contributed by atoms with Crippen LogP contribution >= 0.6 is 11.3 Å². The Bertz CT molecular complexity index is 5160. The van der Waals surface area contributed by atoms with Crippen molar-refractivity contribution in [3.63, 3.8) is 0 Å². The molecule has 0 saturated heterocycles. The van der Waals surface area contributed by atoms with E-state index in [1.807, 2.05) is 17.4 Å². The van der Waals surface area contributed by atoms with Crippen LogP contribution in [0.2, 0.25) is 0 Å². The minimum atomic E-state index is -1.17. The molecule has 0 aliphatic heterocycles. The van der Waals surface area contributed by atoms with Gasteiger partial charge in [0.2, 0.25) is 0 Å². The lowest BCUT2D eigenvalue weighted by atomic mass is 9.66. The average molecular weight is 1220 g/mol. The van der Waals surface area contributed by atoms with Crippen molar-refractivity contribution >= 4 is 87.6 Å². The number of anilines is 6. The van der Waals surface area contributed by atoms with Gasteiger partial charge in [0.1, 0.15) is 17.0 Å². The van der Waals surface area contributed by atoms with Crippen LogP contribution in [-0.4, -0.2) is 0 Å². The number of halogens is 1. The molecule has 2 heterocycles. The molecule has 0 fully saturated rings. The molecular weight excluding hydrogens is 1140 g/mol. The summed E-state index contributed by atoms with van der Waals surface area (Å²) in [5.74, 6) is -0.0659. The van der Waals surface area contributed by atoms with Crippen molar-refractivity contribution in [2.75, 3.05) is 9.80 Å². The predicted molar refractivity (Wildman–Crippen MR) is 390 cm³/mol. The highest BCUT2D eigenvalue weighted by Gasteiger charge is 2.51. The summed E-state index contributed by atoms with van der Waals surface area (Å²) in [5.41, 5.74) is 22.9. The number of fused-ring (bicyclic) bond motifs is 11. The van der Waals surface area contributed by atoms with Gasteiger partial charge in [0, 0.05) is 48.9 Å². The summed E-state index contributed by atoms with van der Waals surface area (Å²) in [7, 11) is 0. The van der Waals surface area contributed by atoms with E-state index in [1.165, 1.54) is 27.0 Å². The zero-order valence-corrected chi connectivity index (χ0v) is 54.9. The molecule has 1 aliphatic carbocycles. The zero-order valence-electron chi connectivity index (χ0n) is 54.1. The molecule has 5 heteroatoms. The lowest BCUT2D eigenvalue weighted by Gasteiger charge is -2.37. The van der Waals surface area contributed by atoms with Crippen molar-refractivity contribution in [3.05, 3.63) is 311 Å². The molecule has 1 aliphatic rings. The van der Waals surface area contributed by atoms with Gasteiger partial charge in [-0.1, -0.05) is 236 Å². The molecule has 92 heavy (non-hydrogen) atoms. The van der Waals surface area contributed by atoms with Crippen LogP contribution < -0.4 is 9.80 Å². The third-order valence-corrected chi connectivity index (χ3v) is 20.7. The smallest absolute Gasteiger partial charge is 0.145 e. The van der Waals surface area contributed by atoms with E-state index in [1.54, 1.807) is 12.1 Å². The van der Waals surface area contributed by atoms with E-state index < -0.39 is 5.41 Å². The minimum absolute atomic E-state index is 0.0796.